The lowest BCUT2D eigenvalue weighted by atomic mass is 10.1. The second-order valence-electron chi connectivity index (χ2n) is 4.91. The molecule has 0 aromatic rings. The van der Waals surface area contributed by atoms with Gasteiger partial charge in [0.1, 0.15) is 0 Å². The predicted octanol–water partition coefficient (Wildman–Crippen LogP) is 4.67. The van der Waals surface area contributed by atoms with Gasteiger partial charge in [-0.2, -0.15) is 10.2 Å². The van der Waals surface area contributed by atoms with Crippen LogP contribution < -0.4 is 0 Å². The minimum atomic E-state index is -0.670. The third-order valence-electron chi connectivity index (χ3n) is 3.22. The molecule has 1 rings (SSSR count). The van der Waals surface area contributed by atoms with Gasteiger partial charge in [0.15, 0.2) is 0 Å². The summed E-state index contributed by atoms with van der Waals surface area (Å²) in [5.41, 5.74) is 1.15. The highest BCUT2D eigenvalue weighted by Gasteiger charge is 2.01. The van der Waals surface area contributed by atoms with Crippen LogP contribution in [0.25, 0.3) is 0 Å². The van der Waals surface area contributed by atoms with Gasteiger partial charge in [0.25, 0.3) is 0 Å². The molecule has 0 radical (unpaired) electrons. The van der Waals surface area contributed by atoms with Crippen LogP contribution in [0.2, 0.25) is 0 Å². The van der Waals surface area contributed by atoms with Gasteiger partial charge in [0, 0.05) is 6.42 Å². The molecule has 1 aliphatic rings. The van der Waals surface area contributed by atoms with Crippen LogP contribution in [0.4, 0.5) is 0 Å². The Labute approximate surface area is 109 Å². The number of aliphatic carboxylic acids is 1. The van der Waals surface area contributed by atoms with Gasteiger partial charge < -0.3 is 5.11 Å². The summed E-state index contributed by atoms with van der Waals surface area (Å²) in [6.07, 6.45) is 14.0. The first-order valence-corrected chi connectivity index (χ1v) is 7.11. The Morgan fingerprint density at radius 1 is 0.944 bits per heavy atom. The number of hydrogen-bond acceptors (Lipinski definition) is 3. The molecule has 0 fully saturated rings. The van der Waals surface area contributed by atoms with Gasteiger partial charge in [-0.05, 0) is 19.3 Å². The Balaban J connectivity index is 1.69. The van der Waals surface area contributed by atoms with E-state index >= 15 is 0 Å². The molecular formula is C14H24N2O2. The van der Waals surface area contributed by atoms with Crippen molar-refractivity contribution in [2.45, 2.75) is 70.6 Å². The maximum atomic E-state index is 10.3. The van der Waals surface area contributed by atoms with Crippen molar-refractivity contribution >= 4 is 5.97 Å². The zero-order chi connectivity index (χ0) is 13.1. The van der Waals surface area contributed by atoms with Crippen LogP contribution in [0.15, 0.2) is 22.1 Å². The number of carbonyl (C=O) groups is 1. The molecular weight excluding hydrogens is 228 g/mol. The largest absolute Gasteiger partial charge is 0.481 e. The molecule has 1 N–H and O–H groups in total. The van der Waals surface area contributed by atoms with E-state index in [0.717, 1.165) is 25.0 Å². The lowest BCUT2D eigenvalue weighted by molar-refractivity contribution is -0.137. The Morgan fingerprint density at radius 2 is 1.44 bits per heavy atom. The van der Waals surface area contributed by atoms with E-state index in [2.05, 4.69) is 10.2 Å². The van der Waals surface area contributed by atoms with Gasteiger partial charge in [-0.3, -0.25) is 4.79 Å². The van der Waals surface area contributed by atoms with Gasteiger partial charge >= 0.3 is 5.97 Å². The van der Waals surface area contributed by atoms with E-state index in [4.69, 9.17) is 5.11 Å². The summed E-state index contributed by atoms with van der Waals surface area (Å²) < 4.78 is 0. The number of carboxylic acids is 1. The van der Waals surface area contributed by atoms with Crippen molar-refractivity contribution in [2.75, 3.05) is 0 Å². The Kier molecular flexibility index (Phi) is 8.10. The molecule has 0 aromatic heterocycles. The first-order valence-electron chi connectivity index (χ1n) is 7.11. The normalized spacial score (nSPS) is 13.2. The first kappa shape index (κ1) is 14.9. The van der Waals surface area contributed by atoms with Crippen LogP contribution >= 0.6 is 0 Å². The Hall–Kier alpha value is -1.19. The molecule has 0 aromatic carbocycles. The molecule has 1 aliphatic heterocycles. The van der Waals surface area contributed by atoms with E-state index in [0.29, 0.717) is 6.42 Å². The summed E-state index contributed by atoms with van der Waals surface area (Å²) in [5, 5.41) is 16.1. The minimum Gasteiger partial charge on any atom is -0.481 e. The average Bonchev–Trinajstić information content (AvgIpc) is 2.28. The van der Waals surface area contributed by atoms with Crippen LogP contribution in [-0.2, 0) is 4.79 Å². The zero-order valence-corrected chi connectivity index (χ0v) is 11.1. The van der Waals surface area contributed by atoms with Crippen molar-refractivity contribution in [2.24, 2.45) is 10.2 Å². The molecule has 0 bridgehead atoms. The van der Waals surface area contributed by atoms with Gasteiger partial charge in [0.05, 0.1) is 11.9 Å². The number of unbranched alkanes of at least 4 members (excludes halogenated alkanes) is 8. The van der Waals surface area contributed by atoms with Crippen LogP contribution in [0, 0.1) is 0 Å². The lowest BCUT2D eigenvalue weighted by Crippen LogP contribution is -1.93. The number of hydrogen-bond donors (Lipinski definition) is 1. The first-order chi connectivity index (χ1) is 8.79. The van der Waals surface area contributed by atoms with Crippen LogP contribution in [0.5, 0.6) is 0 Å². The zero-order valence-electron chi connectivity index (χ0n) is 11.1. The van der Waals surface area contributed by atoms with Crippen molar-refractivity contribution in [3.8, 4) is 0 Å². The van der Waals surface area contributed by atoms with E-state index in [1.807, 2.05) is 6.20 Å². The summed E-state index contributed by atoms with van der Waals surface area (Å²) in [7, 11) is 0. The molecule has 0 unspecified atom stereocenters. The highest BCUT2D eigenvalue weighted by atomic mass is 16.4. The molecule has 0 saturated carbocycles. The van der Waals surface area contributed by atoms with Crippen molar-refractivity contribution in [1.29, 1.82) is 0 Å². The summed E-state index contributed by atoms with van der Waals surface area (Å²) in [6.45, 7) is 0. The molecule has 0 atom stereocenters. The molecule has 18 heavy (non-hydrogen) atoms. The van der Waals surface area contributed by atoms with Crippen molar-refractivity contribution in [3.05, 3.63) is 11.9 Å². The molecule has 1 heterocycles. The SMILES string of the molecule is O=C(O)CCCCCCCCCCCC1=CN=N1. The number of nitrogens with zero attached hydrogens (tertiary/aromatic N) is 2. The minimum absolute atomic E-state index is 0.327. The molecule has 0 spiro atoms. The third kappa shape index (κ3) is 7.98. The fraction of sp³-hybridized carbons (Fsp3) is 0.786. The number of azo groups is 1. The van der Waals surface area contributed by atoms with Gasteiger partial charge in [-0.1, -0.05) is 44.9 Å². The number of allylic oxidation sites excluding steroid dienone is 1. The van der Waals surface area contributed by atoms with Crippen molar-refractivity contribution in [3.63, 3.8) is 0 Å². The van der Waals surface area contributed by atoms with Crippen molar-refractivity contribution in [1.82, 2.24) is 0 Å². The fourth-order valence-electron chi connectivity index (χ4n) is 2.07. The molecule has 0 amide bonds. The Morgan fingerprint density at radius 3 is 1.89 bits per heavy atom. The van der Waals surface area contributed by atoms with Crippen LogP contribution in [0.3, 0.4) is 0 Å². The summed E-state index contributed by atoms with van der Waals surface area (Å²) in [5.74, 6) is -0.670. The second kappa shape index (κ2) is 9.80. The molecule has 102 valence electrons. The monoisotopic (exact) mass is 252 g/mol. The maximum Gasteiger partial charge on any atom is 0.303 e. The van der Waals surface area contributed by atoms with E-state index in [9.17, 15) is 4.79 Å². The predicted molar refractivity (Wildman–Crippen MR) is 71.4 cm³/mol. The van der Waals surface area contributed by atoms with E-state index in [-0.39, 0.29) is 0 Å². The van der Waals surface area contributed by atoms with Gasteiger partial charge in [-0.15, -0.1) is 0 Å². The third-order valence-corrected chi connectivity index (χ3v) is 3.22. The second-order valence-corrected chi connectivity index (χ2v) is 4.91. The summed E-state index contributed by atoms with van der Waals surface area (Å²) in [6, 6.07) is 0. The van der Waals surface area contributed by atoms with Crippen molar-refractivity contribution < 1.29 is 9.90 Å². The fourth-order valence-corrected chi connectivity index (χ4v) is 2.07. The highest BCUT2D eigenvalue weighted by molar-refractivity contribution is 5.66. The smallest absolute Gasteiger partial charge is 0.303 e. The van der Waals surface area contributed by atoms with Gasteiger partial charge in [-0.25, -0.2) is 0 Å². The Bertz CT molecular complexity index is 298. The quantitative estimate of drug-likeness (QED) is 0.513. The number of rotatable bonds is 12. The summed E-state index contributed by atoms with van der Waals surface area (Å²) >= 11 is 0. The van der Waals surface area contributed by atoms with E-state index < -0.39 is 5.97 Å². The van der Waals surface area contributed by atoms with E-state index in [1.165, 1.54) is 44.9 Å². The standard InChI is InChI=1S/C14H24N2O2/c17-14(18)11-9-7-5-3-1-2-4-6-8-10-13-12-15-16-13/h12H,1-11H2,(H,17,18). The highest BCUT2D eigenvalue weighted by Crippen LogP contribution is 2.18. The van der Waals surface area contributed by atoms with E-state index in [1.54, 1.807) is 0 Å². The lowest BCUT2D eigenvalue weighted by Gasteiger charge is -2.04. The molecule has 4 nitrogen and oxygen atoms in total. The summed E-state index contributed by atoms with van der Waals surface area (Å²) in [4.78, 5) is 10.3. The average molecular weight is 252 g/mol. The van der Waals surface area contributed by atoms with Gasteiger partial charge in [0.2, 0.25) is 0 Å². The molecule has 0 aliphatic carbocycles. The topological polar surface area (TPSA) is 62.0 Å². The van der Waals surface area contributed by atoms with Crippen LogP contribution in [-0.4, -0.2) is 11.1 Å². The molecule has 4 heteroatoms. The molecule has 0 saturated heterocycles. The maximum absolute atomic E-state index is 10.3. The van der Waals surface area contributed by atoms with Crippen LogP contribution in [0.1, 0.15) is 70.6 Å². The number of carboxylic acid groups (broad SMARTS) is 1.